The van der Waals surface area contributed by atoms with E-state index in [-0.39, 0.29) is 10.7 Å². The van der Waals surface area contributed by atoms with Crippen molar-refractivity contribution in [2.24, 2.45) is 0 Å². The lowest BCUT2D eigenvalue weighted by molar-refractivity contribution is 0.601. The molecule has 0 atom stereocenters. The molecule has 8 heteroatoms. The smallest absolute Gasteiger partial charge is 0.263 e. The number of benzene rings is 2. The molecule has 0 bridgehead atoms. The van der Waals surface area contributed by atoms with Crippen LogP contribution in [0.4, 0.5) is 5.82 Å². The van der Waals surface area contributed by atoms with Gasteiger partial charge in [-0.25, -0.2) is 13.4 Å². The Kier molecular flexibility index (Phi) is 5.44. The molecule has 134 valence electrons. The van der Waals surface area contributed by atoms with Crippen LogP contribution in [0.15, 0.2) is 59.6 Å². The molecule has 1 heterocycles. The van der Waals surface area contributed by atoms with Crippen molar-refractivity contribution in [2.45, 2.75) is 11.8 Å². The van der Waals surface area contributed by atoms with Crippen molar-refractivity contribution in [1.82, 2.24) is 4.98 Å². The van der Waals surface area contributed by atoms with E-state index >= 15 is 0 Å². The molecule has 0 spiro atoms. The van der Waals surface area contributed by atoms with Gasteiger partial charge in [-0.3, -0.25) is 4.72 Å². The molecule has 0 aliphatic heterocycles. The van der Waals surface area contributed by atoms with Crippen molar-refractivity contribution >= 4 is 50.6 Å². The number of hydrogen-bond acceptors (Lipinski definition) is 3. The zero-order chi connectivity index (χ0) is 18.9. The Balaban J connectivity index is 1.87. The summed E-state index contributed by atoms with van der Waals surface area (Å²) in [7, 11) is -3.79. The highest BCUT2D eigenvalue weighted by molar-refractivity contribution is 7.92. The fourth-order valence-electron chi connectivity index (χ4n) is 2.28. The first-order valence-corrected chi connectivity index (χ1v) is 10.1. The molecule has 0 aliphatic carbocycles. The van der Waals surface area contributed by atoms with Gasteiger partial charge in [0, 0.05) is 22.3 Å². The summed E-state index contributed by atoms with van der Waals surface area (Å²) < 4.78 is 27.4. The van der Waals surface area contributed by atoms with E-state index < -0.39 is 10.0 Å². The highest BCUT2D eigenvalue weighted by Gasteiger charge is 2.16. The molecule has 0 saturated carbocycles. The molecule has 0 saturated heterocycles. The normalized spacial score (nSPS) is 11.4. The van der Waals surface area contributed by atoms with Gasteiger partial charge in [-0.2, -0.15) is 0 Å². The van der Waals surface area contributed by atoms with Gasteiger partial charge in [0.1, 0.15) is 5.82 Å². The molecule has 0 amide bonds. The average molecular weight is 428 g/mol. The summed E-state index contributed by atoms with van der Waals surface area (Å²) in [4.78, 5) is 4.22. The van der Waals surface area contributed by atoms with Crippen LogP contribution in [0.2, 0.25) is 15.1 Å². The van der Waals surface area contributed by atoms with E-state index in [1.54, 1.807) is 37.3 Å². The molecule has 1 aromatic heterocycles. The third-order valence-electron chi connectivity index (χ3n) is 3.72. The van der Waals surface area contributed by atoms with Crippen molar-refractivity contribution in [1.29, 1.82) is 0 Å². The van der Waals surface area contributed by atoms with Crippen LogP contribution < -0.4 is 4.72 Å². The molecule has 26 heavy (non-hydrogen) atoms. The van der Waals surface area contributed by atoms with Crippen LogP contribution in [0.25, 0.3) is 11.1 Å². The number of aromatic nitrogens is 1. The number of nitrogens with one attached hydrogen (secondary N) is 1. The zero-order valence-electron chi connectivity index (χ0n) is 13.5. The number of pyridine rings is 1. The Labute approximate surface area is 166 Å². The maximum Gasteiger partial charge on any atom is 0.263 e. The Bertz CT molecular complexity index is 1070. The number of halogens is 3. The maximum absolute atomic E-state index is 12.5. The van der Waals surface area contributed by atoms with Gasteiger partial charge in [0.05, 0.1) is 14.9 Å². The Hall–Kier alpha value is -1.79. The predicted molar refractivity (Wildman–Crippen MR) is 107 cm³/mol. The summed E-state index contributed by atoms with van der Waals surface area (Å²) in [5.74, 6) is 0.184. The van der Waals surface area contributed by atoms with E-state index in [0.29, 0.717) is 20.6 Å². The summed E-state index contributed by atoms with van der Waals surface area (Å²) in [5, 5.41) is 1.23. The molecule has 0 fully saturated rings. The van der Waals surface area contributed by atoms with Crippen LogP contribution >= 0.6 is 34.8 Å². The third kappa shape index (κ3) is 3.96. The number of sulfonamides is 1. The summed E-state index contributed by atoms with van der Waals surface area (Å²) in [5.41, 5.74) is 2.23. The van der Waals surface area contributed by atoms with Crippen molar-refractivity contribution in [2.75, 3.05) is 4.72 Å². The van der Waals surface area contributed by atoms with Gasteiger partial charge in [0.25, 0.3) is 10.0 Å². The quantitative estimate of drug-likeness (QED) is 0.571. The Morgan fingerprint density at radius 3 is 2.38 bits per heavy atom. The van der Waals surface area contributed by atoms with Crippen molar-refractivity contribution in [3.8, 4) is 11.1 Å². The molecule has 0 aliphatic rings. The summed E-state index contributed by atoms with van der Waals surface area (Å²) in [6, 6.07) is 13.1. The van der Waals surface area contributed by atoms with Crippen molar-refractivity contribution < 1.29 is 8.42 Å². The van der Waals surface area contributed by atoms with Crippen LogP contribution in [-0.2, 0) is 10.0 Å². The highest BCUT2D eigenvalue weighted by Crippen LogP contribution is 2.33. The number of rotatable bonds is 4. The molecular formula is C18H13Cl3N2O2S. The standard InChI is InChI=1S/C18H13Cl3N2O2S/c1-11-5-7-13(9-16(11)20)26(24,25)23-17-8-6-12(10-22-17)14-3-2-4-15(19)18(14)21/h2-10H,1H3,(H,22,23). The van der Waals surface area contributed by atoms with Crippen molar-refractivity contribution in [3.63, 3.8) is 0 Å². The third-order valence-corrected chi connectivity index (χ3v) is 6.30. The van der Waals surface area contributed by atoms with E-state index in [1.165, 1.54) is 18.3 Å². The lowest BCUT2D eigenvalue weighted by atomic mass is 10.1. The van der Waals surface area contributed by atoms with Crippen molar-refractivity contribution in [3.05, 3.63) is 75.4 Å². The summed E-state index contributed by atoms with van der Waals surface area (Å²) in [6.45, 7) is 1.80. The first-order valence-electron chi connectivity index (χ1n) is 7.47. The van der Waals surface area contributed by atoms with E-state index in [0.717, 1.165) is 11.1 Å². The lowest BCUT2D eigenvalue weighted by Gasteiger charge is -2.10. The van der Waals surface area contributed by atoms with E-state index in [1.807, 2.05) is 6.07 Å². The second kappa shape index (κ2) is 7.45. The van der Waals surface area contributed by atoms with E-state index in [9.17, 15) is 8.42 Å². The number of nitrogens with zero attached hydrogens (tertiary/aromatic N) is 1. The molecule has 2 aromatic carbocycles. The molecule has 3 aromatic rings. The SMILES string of the molecule is Cc1ccc(S(=O)(=O)Nc2ccc(-c3cccc(Cl)c3Cl)cn2)cc1Cl. The number of aryl methyl sites for hydroxylation is 1. The van der Waals surface area contributed by atoms with Crippen LogP contribution in [0.3, 0.4) is 0 Å². The fourth-order valence-corrected chi connectivity index (χ4v) is 3.97. The van der Waals surface area contributed by atoms with E-state index in [2.05, 4.69) is 9.71 Å². The number of hydrogen-bond donors (Lipinski definition) is 1. The minimum Gasteiger partial charge on any atom is -0.263 e. The van der Waals surface area contributed by atoms with E-state index in [4.69, 9.17) is 34.8 Å². The van der Waals surface area contributed by atoms with Gasteiger partial charge in [-0.15, -0.1) is 0 Å². The molecule has 4 nitrogen and oxygen atoms in total. The Morgan fingerprint density at radius 1 is 0.962 bits per heavy atom. The largest absolute Gasteiger partial charge is 0.263 e. The lowest BCUT2D eigenvalue weighted by Crippen LogP contribution is -2.14. The zero-order valence-corrected chi connectivity index (χ0v) is 16.6. The monoisotopic (exact) mass is 426 g/mol. The number of anilines is 1. The second-order valence-electron chi connectivity index (χ2n) is 5.55. The topological polar surface area (TPSA) is 59.1 Å². The van der Waals surface area contributed by atoms with Crippen LogP contribution in [0.1, 0.15) is 5.56 Å². The fraction of sp³-hybridized carbons (Fsp3) is 0.0556. The minimum atomic E-state index is -3.79. The summed E-state index contributed by atoms with van der Waals surface area (Å²) >= 11 is 18.2. The second-order valence-corrected chi connectivity index (χ2v) is 8.42. The van der Waals surface area contributed by atoms with Crippen LogP contribution in [0, 0.1) is 6.92 Å². The maximum atomic E-state index is 12.5. The minimum absolute atomic E-state index is 0.0665. The van der Waals surface area contributed by atoms with Gasteiger partial charge in [0.2, 0.25) is 0 Å². The summed E-state index contributed by atoms with van der Waals surface area (Å²) in [6.07, 6.45) is 1.53. The first-order chi connectivity index (χ1) is 12.3. The van der Waals surface area contributed by atoms with Gasteiger partial charge in [0.15, 0.2) is 0 Å². The predicted octanol–water partition coefficient (Wildman–Crippen LogP) is 5.82. The molecule has 0 radical (unpaired) electrons. The molecule has 3 rings (SSSR count). The average Bonchev–Trinajstić information content (AvgIpc) is 2.60. The van der Waals surface area contributed by atoms with Gasteiger partial charge >= 0.3 is 0 Å². The molecular weight excluding hydrogens is 415 g/mol. The molecule has 0 unspecified atom stereocenters. The van der Waals surface area contributed by atoms with Gasteiger partial charge < -0.3 is 0 Å². The van der Waals surface area contributed by atoms with Crippen LogP contribution in [0.5, 0.6) is 0 Å². The Morgan fingerprint density at radius 2 is 1.73 bits per heavy atom. The van der Waals surface area contributed by atoms with Gasteiger partial charge in [-0.05, 0) is 42.8 Å². The highest BCUT2D eigenvalue weighted by atomic mass is 35.5. The van der Waals surface area contributed by atoms with Crippen LogP contribution in [-0.4, -0.2) is 13.4 Å². The van der Waals surface area contributed by atoms with Gasteiger partial charge in [-0.1, -0.05) is 53.0 Å². The molecule has 1 N–H and O–H groups in total. The first kappa shape index (κ1) is 19.0.